The summed E-state index contributed by atoms with van der Waals surface area (Å²) in [7, 11) is 1.63. The molecule has 1 unspecified atom stereocenters. The van der Waals surface area contributed by atoms with Crippen LogP contribution < -0.4 is 15.4 Å². The van der Waals surface area contributed by atoms with E-state index in [0.717, 1.165) is 29.3 Å². The number of aromatic nitrogens is 1. The van der Waals surface area contributed by atoms with Gasteiger partial charge in [0.2, 0.25) is 0 Å². The lowest BCUT2D eigenvalue weighted by atomic mass is 10.2. The fourth-order valence-corrected chi connectivity index (χ4v) is 3.41. The van der Waals surface area contributed by atoms with Crippen LogP contribution in [-0.4, -0.2) is 24.5 Å². The van der Waals surface area contributed by atoms with Gasteiger partial charge in [0.05, 0.1) is 13.2 Å². The van der Waals surface area contributed by atoms with Gasteiger partial charge in [0.15, 0.2) is 0 Å². The first-order valence-electron chi connectivity index (χ1n) is 7.36. The molecule has 5 nitrogen and oxygen atoms in total. The number of carbonyl (C=O) groups is 1. The van der Waals surface area contributed by atoms with E-state index in [1.54, 1.807) is 18.4 Å². The second-order valence-electron chi connectivity index (χ2n) is 5.25. The Morgan fingerprint density at radius 3 is 3.23 bits per heavy atom. The maximum absolute atomic E-state index is 12.2. The summed E-state index contributed by atoms with van der Waals surface area (Å²) in [5, 5.41) is 9.13. The molecule has 1 aliphatic rings. The normalized spacial score (nSPS) is 17.4. The van der Waals surface area contributed by atoms with Crippen LogP contribution in [0.1, 0.15) is 39.9 Å². The molecule has 1 saturated heterocycles. The highest BCUT2D eigenvalue weighted by Crippen LogP contribution is 2.25. The molecule has 116 valence electrons. The first-order valence-corrected chi connectivity index (χ1v) is 8.24. The summed E-state index contributed by atoms with van der Waals surface area (Å²) in [5.41, 5.74) is 1.50. The van der Waals surface area contributed by atoms with E-state index < -0.39 is 0 Å². The SMILES string of the molecule is COc1cccc(CNC(=O)c2csc(C3CCCN3)n2)c1. The Labute approximate surface area is 133 Å². The fourth-order valence-electron chi connectivity index (χ4n) is 2.50. The van der Waals surface area contributed by atoms with Crippen LogP contribution in [0.4, 0.5) is 0 Å². The standard InChI is InChI=1S/C16H19N3O2S/c1-21-12-5-2-4-11(8-12)9-18-15(20)14-10-22-16(19-14)13-6-3-7-17-13/h2,4-5,8,10,13,17H,3,6-7,9H2,1H3,(H,18,20). The minimum Gasteiger partial charge on any atom is -0.497 e. The number of nitrogens with one attached hydrogen (secondary N) is 2. The van der Waals surface area contributed by atoms with Gasteiger partial charge in [-0.05, 0) is 37.1 Å². The van der Waals surface area contributed by atoms with E-state index in [-0.39, 0.29) is 5.91 Å². The van der Waals surface area contributed by atoms with Crippen molar-refractivity contribution in [3.8, 4) is 5.75 Å². The number of hydrogen-bond donors (Lipinski definition) is 2. The molecule has 1 amide bonds. The Morgan fingerprint density at radius 1 is 1.55 bits per heavy atom. The first-order chi connectivity index (χ1) is 10.8. The molecule has 2 aromatic rings. The van der Waals surface area contributed by atoms with Crippen molar-refractivity contribution in [3.05, 3.63) is 45.9 Å². The van der Waals surface area contributed by atoms with Crippen LogP contribution in [0.3, 0.4) is 0 Å². The predicted molar refractivity (Wildman–Crippen MR) is 86.3 cm³/mol. The summed E-state index contributed by atoms with van der Waals surface area (Å²) in [4.78, 5) is 16.6. The van der Waals surface area contributed by atoms with Crippen LogP contribution in [0.25, 0.3) is 0 Å². The minimum absolute atomic E-state index is 0.136. The Bertz CT molecular complexity index is 650. The number of thiazole rings is 1. The third-order valence-corrected chi connectivity index (χ3v) is 4.66. The number of rotatable bonds is 5. The largest absolute Gasteiger partial charge is 0.497 e. The van der Waals surface area contributed by atoms with Gasteiger partial charge in [-0.25, -0.2) is 4.98 Å². The van der Waals surface area contributed by atoms with Gasteiger partial charge in [-0.1, -0.05) is 12.1 Å². The maximum atomic E-state index is 12.2. The van der Waals surface area contributed by atoms with Crippen molar-refractivity contribution in [2.24, 2.45) is 0 Å². The second-order valence-corrected chi connectivity index (χ2v) is 6.14. The zero-order valence-corrected chi connectivity index (χ0v) is 13.3. The van der Waals surface area contributed by atoms with Gasteiger partial charge in [-0.3, -0.25) is 4.79 Å². The van der Waals surface area contributed by atoms with Gasteiger partial charge < -0.3 is 15.4 Å². The summed E-state index contributed by atoms with van der Waals surface area (Å²) in [6.07, 6.45) is 2.26. The van der Waals surface area contributed by atoms with E-state index in [9.17, 15) is 4.79 Å². The zero-order chi connectivity index (χ0) is 15.4. The van der Waals surface area contributed by atoms with Crippen molar-refractivity contribution in [1.82, 2.24) is 15.6 Å². The Morgan fingerprint density at radius 2 is 2.45 bits per heavy atom. The maximum Gasteiger partial charge on any atom is 0.271 e. The van der Waals surface area contributed by atoms with Gasteiger partial charge in [-0.2, -0.15) is 0 Å². The average Bonchev–Trinajstić information content (AvgIpc) is 3.23. The molecular formula is C16H19N3O2S. The molecule has 1 aromatic carbocycles. The van der Waals surface area contributed by atoms with Crippen molar-refractivity contribution in [2.45, 2.75) is 25.4 Å². The molecule has 1 aliphatic heterocycles. The average molecular weight is 317 g/mol. The number of nitrogens with zero attached hydrogens (tertiary/aromatic N) is 1. The molecule has 0 bridgehead atoms. The minimum atomic E-state index is -0.136. The first kappa shape index (κ1) is 15.0. The van der Waals surface area contributed by atoms with E-state index in [1.807, 2.05) is 29.6 Å². The lowest BCUT2D eigenvalue weighted by Gasteiger charge is -2.06. The van der Waals surface area contributed by atoms with Gasteiger partial charge in [0.1, 0.15) is 16.5 Å². The van der Waals surface area contributed by atoms with Crippen LogP contribution in [0.2, 0.25) is 0 Å². The number of carbonyl (C=O) groups excluding carboxylic acids is 1. The van der Waals surface area contributed by atoms with Crippen molar-refractivity contribution in [2.75, 3.05) is 13.7 Å². The number of benzene rings is 1. The summed E-state index contributed by atoms with van der Waals surface area (Å²) in [5.74, 6) is 0.651. The lowest BCUT2D eigenvalue weighted by Crippen LogP contribution is -2.23. The molecule has 1 aromatic heterocycles. The highest BCUT2D eigenvalue weighted by Gasteiger charge is 2.20. The molecule has 2 heterocycles. The summed E-state index contributed by atoms with van der Waals surface area (Å²) < 4.78 is 5.18. The van der Waals surface area contributed by atoms with Crippen LogP contribution in [0, 0.1) is 0 Å². The molecule has 0 aliphatic carbocycles. The molecule has 0 radical (unpaired) electrons. The third-order valence-electron chi connectivity index (χ3n) is 3.70. The van der Waals surface area contributed by atoms with Crippen molar-refractivity contribution >= 4 is 17.2 Å². The van der Waals surface area contributed by atoms with Crippen molar-refractivity contribution in [3.63, 3.8) is 0 Å². The molecule has 0 spiro atoms. The van der Waals surface area contributed by atoms with Gasteiger partial charge >= 0.3 is 0 Å². The molecule has 3 rings (SSSR count). The fraction of sp³-hybridized carbons (Fsp3) is 0.375. The number of ether oxygens (including phenoxy) is 1. The molecule has 6 heteroatoms. The zero-order valence-electron chi connectivity index (χ0n) is 12.5. The second kappa shape index (κ2) is 6.89. The van der Waals surface area contributed by atoms with Crippen molar-refractivity contribution < 1.29 is 9.53 Å². The molecule has 1 fully saturated rings. The van der Waals surface area contributed by atoms with Gasteiger partial charge in [0, 0.05) is 11.9 Å². The highest BCUT2D eigenvalue weighted by molar-refractivity contribution is 7.09. The molecule has 0 saturated carbocycles. The Hall–Kier alpha value is -1.92. The topological polar surface area (TPSA) is 63.2 Å². The molecular weight excluding hydrogens is 298 g/mol. The third kappa shape index (κ3) is 3.45. The summed E-state index contributed by atoms with van der Waals surface area (Å²) in [6.45, 7) is 1.49. The number of methoxy groups -OCH3 is 1. The van der Waals surface area contributed by atoms with E-state index in [1.165, 1.54) is 6.42 Å². The van der Waals surface area contributed by atoms with E-state index in [2.05, 4.69) is 15.6 Å². The van der Waals surface area contributed by atoms with E-state index >= 15 is 0 Å². The monoisotopic (exact) mass is 317 g/mol. The summed E-state index contributed by atoms with van der Waals surface area (Å²) in [6, 6.07) is 7.97. The Kier molecular flexibility index (Phi) is 4.70. The molecule has 1 atom stereocenters. The number of hydrogen-bond acceptors (Lipinski definition) is 5. The van der Waals surface area contributed by atoms with E-state index in [0.29, 0.717) is 18.3 Å². The molecule has 2 N–H and O–H groups in total. The number of amides is 1. The van der Waals surface area contributed by atoms with E-state index in [4.69, 9.17) is 4.74 Å². The van der Waals surface area contributed by atoms with Gasteiger partial charge in [0.25, 0.3) is 5.91 Å². The lowest BCUT2D eigenvalue weighted by molar-refractivity contribution is 0.0946. The Balaban J connectivity index is 1.59. The van der Waals surface area contributed by atoms with Crippen LogP contribution in [-0.2, 0) is 6.54 Å². The quantitative estimate of drug-likeness (QED) is 0.889. The highest BCUT2D eigenvalue weighted by atomic mass is 32.1. The van der Waals surface area contributed by atoms with Gasteiger partial charge in [-0.15, -0.1) is 11.3 Å². The van der Waals surface area contributed by atoms with Crippen LogP contribution in [0.15, 0.2) is 29.6 Å². The predicted octanol–water partition coefficient (Wildman–Crippen LogP) is 2.51. The van der Waals surface area contributed by atoms with Crippen molar-refractivity contribution in [1.29, 1.82) is 0 Å². The van der Waals surface area contributed by atoms with Crippen LogP contribution >= 0.6 is 11.3 Å². The molecule has 22 heavy (non-hydrogen) atoms. The van der Waals surface area contributed by atoms with Crippen LogP contribution in [0.5, 0.6) is 5.75 Å². The summed E-state index contributed by atoms with van der Waals surface area (Å²) >= 11 is 1.55. The smallest absolute Gasteiger partial charge is 0.271 e.